The third-order valence-corrected chi connectivity index (χ3v) is 4.62. The molecule has 0 unspecified atom stereocenters. The maximum absolute atomic E-state index is 13.6. The van der Waals surface area contributed by atoms with E-state index in [1.54, 1.807) is 6.07 Å². The molecule has 8 heteroatoms. The highest BCUT2D eigenvalue weighted by molar-refractivity contribution is 7.20. The van der Waals surface area contributed by atoms with Gasteiger partial charge in [0, 0.05) is 10.8 Å². The van der Waals surface area contributed by atoms with Gasteiger partial charge in [-0.15, -0.1) is 11.3 Å². The van der Waals surface area contributed by atoms with Crippen LogP contribution in [0.3, 0.4) is 0 Å². The van der Waals surface area contributed by atoms with E-state index in [-0.39, 0.29) is 10.6 Å². The molecule has 4 nitrogen and oxygen atoms in total. The van der Waals surface area contributed by atoms with Gasteiger partial charge in [-0.3, -0.25) is 4.79 Å². The predicted molar refractivity (Wildman–Crippen MR) is 91.6 cm³/mol. The van der Waals surface area contributed by atoms with Crippen molar-refractivity contribution < 1.29 is 27.5 Å². The van der Waals surface area contributed by atoms with Crippen LogP contribution in [0.4, 0.5) is 18.9 Å². The zero-order chi connectivity index (χ0) is 18.8. The van der Waals surface area contributed by atoms with Crippen LogP contribution in [-0.4, -0.2) is 18.0 Å². The Morgan fingerprint density at radius 1 is 1.04 bits per heavy atom. The van der Waals surface area contributed by atoms with Crippen LogP contribution in [0.1, 0.15) is 16.6 Å². The molecule has 3 aromatic rings. The minimum atomic E-state index is -1.21. The minimum Gasteiger partial charge on any atom is -0.448 e. The second-order valence-electron chi connectivity index (χ2n) is 5.45. The van der Waals surface area contributed by atoms with Crippen LogP contribution in [0.5, 0.6) is 0 Å². The standard InChI is InChI=1S/C18H12F3NO3S/c1-9(17(23)22-14-4-2-12(20)8-13(14)21)25-18(24)16-7-10-6-11(19)3-5-15(10)26-16/h2-9H,1H3,(H,22,23)/t9-/m1/s1. The van der Waals surface area contributed by atoms with Crippen molar-refractivity contribution in [1.29, 1.82) is 0 Å². The lowest BCUT2D eigenvalue weighted by molar-refractivity contribution is -0.123. The predicted octanol–water partition coefficient (Wildman–Crippen LogP) is 4.50. The fourth-order valence-electron chi connectivity index (χ4n) is 2.21. The number of benzene rings is 2. The number of rotatable bonds is 4. The van der Waals surface area contributed by atoms with Crippen molar-refractivity contribution in [2.75, 3.05) is 5.32 Å². The van der Waals surface area contributed by atoms with Crippen molar-refractivity contribution >= 4 is 39.0 Å². The zero-order valence-electron chi connectivity index (χ0n) is 13.4. The number of halogens is 3. The van der Waals surface area contributed by atoms with E-state index in [4.69, 9.17) is 4.74 Å². The lowest BCUT2D eigenvalue weighted by Gasteiger charge is -2.13. The SMILES string of the molecule is C[C@@H](OC(=O)c1cc2cc(F)ccc2s1)C(=O)Nc1ccc(F)cc1F. The molecular formula is C18H12F3NO3S. The van der Waals surface area contributed by atoms with Crippen LogP contribution in [0.15, 0.2) is 42.5 Å². The number of thiophene rings is 1. The van der Waals surface area contributed by atoms with Crippen LogP contribution >= 0.6 is 11.3 Å². The number of carbonyl (C=O) groups excluding carboxylic acids is 2. The summed E-state index contributed by atoms with van der Waals surface area (Å²) in [6.45, 7) is 1.32. The molecule has 0 radical (unpaired) electrons. The number of hydrogen-bond acceptors (Lipinski definition) is 4. The summed E-state index contributed by atoms with van der Waals surface area (Å²) in [5.41, 5.74) is -0.225. The normalized spacial score (nSPS) is 12.0. The van der Waals surface area contributed by atoms with Gasteiger partial charge in [0.25, 0.3) is 5.91 Å². The van der Waals surface area contributed by atoms with Gasteiger partial charge in [-0.1, -0.05) is 0 Å². The molecule has 0 saturated carbocycles. The van der Waals surface area contributed by atoms with Crippen molar-refractivity contribution in [3.8, 4) is 0 Å². The highest BCUT2D eigenvalue weighted by atomic mass is 32.1. The molecule has 0 fully saturated rings. The van der Waals surface area contributed by atoms with E-state index in [0.717, 1.165) is 23.5 Å². The molecule has 2 aromatic carbocycles. The van der Waals surface area contributed by atoms with E-state index >= 15 is 0 Å². The molecule has 1 aromatic heterocycles. The lowest BCUT2D eigenvalue weighted by Crippen LogP contribution is -2.30. The molecular weight excluding hydrogens is 367 g/mol. The Bertz CT molecular complexity index is 1000. The van der Waals surface area contributed by atoms with Gasteiger partial charge in [0.05, 0.1) is 5.69 Å². The number of esters is 1. The van der Waals surface area contributed by atoms with Crippen molar-refractivity contribution in [1.82, 2.24) is 0 Å². The molecule has 0 bridgehead atoms. The Balaban J connectivity index is 1.68. The van der Waals surface area contributed by atoms with E-state index < -0.39 is 35.4 Å². The third kappa shape index (κ3) is 3.85. The molecule has 0 aliphatic carbocycles. The summed E-state index contributed by atoms with van der Waals surface area (Å²) in [4.78, 5) is 24.4. The van der Waals surface area contributed by atoms with Crippen molar-refractivity contribution in [3.63, 3.8) is 0 Å². The first-order valence-corrected chi connectivity index (χ1v) is 8.31. The van der Waals surface area contributed by atoms with Crippen molar-refractivity contribution in [2.24, 2.45) is 0 Å². The van der Waals surface area contributed by atoms with Gasteiger partial charge in [0.15, 0.2) is 6.10 Å². The molecule has 26 heavy (non-hydrogen) atoms. The zero-order valence-corrected chi connectivity index (χ0v) is 14.2. The van der Waals surface area contributed by atoms with Gasteiger partial charge in [0.1, 0.15) is 22.3 Å². The number of hydrogen-bond donors (Lipinski definition) is 1. The fourth-order valence-corrected chi connectivity index (χ4v) is 3.14. The molecule has 1 atom stereocenters. The van der Waals surface area contributed by atoms with Gasteiger partial charge >= 0.3 is 5.97 Å². The quantitative estimate of drug-likeness (QED) is 0.679. The number of anilines is 1. The number of fused-ring (bicyclic) bond motifs is 1. The largest absolute Gasteiger partial charge is 0.448 e. The van der Waals surface area contributed by atoms with E-state index in [9.17, 15) is 22.8 Å². The Hall–Kier alpha value is -2.87. The van der Waals surface area contributed by atoms with Crippen LogP contribution in [0.25, 0.3) is 10.1 Å². The molecule has 0 saturated heterocycles. The molecule has 0 spiro atoms. The molecule has 1 amide bonds. The van der Waals surface area contributed by atoms with Gasteiger partial charge in [-0.25, -0.2) is 18.0 Å². The first kappa shape index (κ1) is 17.9. The van der Waals surface area contributed by atoms with E-state index in [2.05, 4.69) is 5.32 Å². The second-order valence-corrected chi connectivity index (χ2v) is 6.54. The minimum absolute atomic E-state index is 0.207. The molecule has 0 aliphatic rings. The maximum Gasteiger partial charge on any atom is 0.349 e. The summed E-state index contributed by atoms with van der Waals surface area (Å²) < 4.78 is 45.4. The van der Waals surface area contributed by atoms with E-state index in [0.29, 0.717) is 16.2 Å². The third-order valence-electron chi connectivity index (χ3n) is 3.52. The Labute approximate surface area is 150 Å². The first-order chi connectivity index (χ1) is 12.3. The van der Waals surface area contributed by atoms with Crippen molar-refractivity contribution in [2.45, 2.75) is 13.0 Å². The lowest BCUT2D eigenvalue weighted by atomic mass is 10.2. The molecule has 134 valence electrons. The van der Waals surface area contributed by atoms with Gasteiger partial charge in [-0.05, 0) is 48.7 Å². The summed E-state index contributed by atoms with van der Waals surface area (Å²) in [5, 5.41) is 2.77. The van der Waals surface area contributed by atoms with Crippen LogP contribution in [-0.2, 0) is 9.53 Å². The first-order valence-electron chi connectivity index (χ1n) is 7.49. The highest BCUT2D eigenvalue weighted by Crippen LogP contribution is 2.27. The van der Waals surface area contributed by atoms with E-state index in [1.807, 2.05) is 0 Å². The van der Waals surface area contributed by atoms with Crippen LogP contribution < -0.4 is 5.32 Å². The van der Waals surface area contributed by atoms with Gasteiger partial charge < -0.3 is 10.1 Å². The second kappa shape index (κ2) is 7.17. The summed E-state index contributed by atoms with van der Waals surface area (Å²) in [6, 6.07) is 8.26. The summed E-state index contributed by atoms with van der Waals surface area (Å²) in [6.07, 6.45) is -1.21. The summed E-state index contributed by atoms with van der Waals surface area (Å²) in [7, 11) is 0. The topological polar surface area (TPSA) is 55.4 Å². The van der Waals surface area contributed by atoms with Gasteiger partial charge in [-0.2, -0.15) is 0 Å². The molecule has 0 aliphatic heterocycles. The summed E-state index contributed by atoms with van der Waals surface area (Å²) in [5.74, 6) is -3.67. The number of ether oxygens (including phenoxy) is 1. The Morgan fingerprint density at radius 3 is 2.46 bits per heavy atom. The van der Waals surface area contributed by atoms with Gasteiger partial charge in [0.2, 0.25) is 0 Å². The fraction of sp³-hybridized carbons (Fsp3) is 0.111. The molecule has 1 heterocycles. The number of carbonyl (C=O) groups is 2. The van der Waals surface area contributed by atoms with Crippen molar-refractivity contribution in [3.05, 3.63) is 64.8 Å². The maximum atomic E-state index is 13.6. The van der Waals surface area contributed by atoms with Crippen LogP contribution in [0, 0.1) is 17.5 Å². The molecule has 1 N–H and O–H groups in total. The Kier molecular flexibility index (Phi) is 4.94. The smallest absolute Gasteiger partial charge is 0.349 e. The number of nitrogens with one attached hydrogen (secondary N) is 1. The Morgan fingerprint density at radius 2 is 1.73 bits per heavy atom. The number of amides is 1. The average molecular weight is 379 g/mol. The summed E-state index contributed by atoms with van der Waals surface area (Å²) >= 11 is 1.10. The average Bonchev–Trinajstić information content (AvgIpc) is 3.00. The van der Waals surface area contributed by atoms with E-state index in [1.165, 1.54) is 25.1 Å². The van der Waals surface area contributed by atoms with Crippen LogP contribution in [0.2, 0.25) is 0 Å². The molecule has 3 rings (SSSR count). The monoisotopic (exact) mass is 379 g/mol. The highest BCUT2D eigenvalue weighted by Gasteiger charge is 2.21.